The minimum atomic E-state index is -0.489. The highest BCUT2D eigenvalue weighted by molar-refractivity contribution is 5.88. The fourth-order valence-corrected chi connectivity index (χ4v) is 5.98. The lowest BCUT2D eigenvalue weighted by Crippen LogP contribution is -2.22. The van der Waals surface area contributed by atoms with Crippen LogP contribution in [0.25, 0.3) is 44.9 Å². The van der Waals surface area contributed by atoms with Gasteiger partial charge in [-0.2, -0.15) is 0 Å². The van der Waals surface area contributed by atoms with Crippen LogP contribution in [0.5, 0.6) is 0 Å². The van der Waals surface area contributed by atoms with Gasteiger partial charge in [0, 0.05) is 41.1 Å². The number of benzene rings is 5. The second-order valence-corrected chi connectivity index (χ2v) is 12.3. The number of anilines is 1. The third kappa shape index (κ3) is 7.29. The number of rotatable bonds is 11. The number of hydrogen-bond acceptors (Lipinski definition) is 11. The lowest BCUT2D eigenvalue weighted by atomic mass is 10.0. The van der Waals surface area contributed by atoms with E-state index in [0.29, 0.717) is 62.0 Å². The molecule has 0 radical (unpaired) electrons. The predicted molar refractivity (Wildman–Crippen MR) is 196 cm³/mol. The first-order valence-corrected chi connectivity index (χ1v) is 16.6. The summed E-state index contributed by atoms with van der Waals surface area (Å²) in [6.45, 7) is 0.381. The third-order valence-electron chi connectivity index (χ3n) is 8.65. The smallest absolute Gasteiger partial charge is 0.271 e. The topological polar surface area (TPSA) is 177 Å². The van der Waals surface area contributed by atoms with E-state index in [4.69, 9.17) is 9.97 Å². The van der Waals surface area contributed by atoms with Crippen LogP contribution in [-0.2, 0) is 13.1 Å². The van der Waals surface area contributed by atoms with Gasteiger partial charge in [0.25, 0.3) is 11.4 Å². The molecule has 0 bridgehead atoms. The monoisotopic (exact) mass is 737 g/mol. The van der Waals surface area contributed by atoms with Crippen molar-refractivity contribution in [2.45, 2.75) is 13.1 Å². The fraction of sp³-hybridized carbons (Fsp3) is 0.0526. The van der Waals surface area contributed by atoms with Crippen molar-refractivity contribution in [2.75, 3.05) is 4.90 Å². The molecule has 0 unspecified atom stereocenters. The summed E-state index contributed by atoms with van der Waals surface area (Å²) >= 11 is 0. The predicted octanol–water partition coefficient (Wildman–Crippen LogP) is 7.43. The molecule has 8 rings (SSSR count). The van der Waals surface area contributed by atoms with Crippen LogP contribution in [0.3, 0.4) is 0 Å². The Morgan fingerprint density at radius 1 is 0.582 bits per heavy atom. The molecule has 0 saturated carbocycles. The summed E-state index contributed by atoms with van der Waals surface area (Å²) in [4.78, 5) is 33.6. The number of fused-ring (bicyclic) bond motifs is 1. The second-order valence-electron chi connectivity index (χ2n) is 12.3. The van der Waals surface area contributed by atoms with Gasteiger partial charge in [0.15, 0.2) is 0 Å². The van der Waals surface area contributed by atoms with Gasteiger partial charge in [0.2, 0.25) is 0 Å². The van der Waals surface area contributed by atoms with E-state index in [2.05, 4.69) is 20.6 Å². The van der Waals surface area contributed by atoms with Crippen LogP contribution in [0.2, 0.25) is 0 Å². The maximum Gasteiger partial charge on any atom is 0.271 e. The van der Waals surface area contributed by atoms with Crippen molar-refractivity contribution in [1.82, 2.24) is 40.0 Å². The number of nitro benzene ring substituents is 2. The second kappa shape index (κ2) is 14.3. The van der Waals surface area contributed by atoms with Gasteiger partial charge in [-0.15, -0.1) is 10.2 Å². The maximum atomic E-state index is 14.0. The zero-order valence-electron chi connectivity index (χ0n) is 28.3. The zero-order valence-corrected chi connectivity index (χ0v) is 28.3. The van der Waals surface area contributed by atoms with Gasteiger partial charge in [0.05, 0.1) is 69.1 Å². The molecule has 3 heterocycles. The Bertz CT molecular complexity index is 2620. The maximum absolute atomic E-state index is 14.0. The average molecular weight is 738 g/mol. The number of aromatic nitrogens is 8. The van der Waals surface area contributed by atoms with Crippen LogP contribution >= 0.6 is 0 Å². The van der Waals surface area contributed by atoms with E-state index in [1.54, 1.807) is 67.0 Å². The molecule has 8 aromatic rings. The largest absolute Gasteiger partial charge is 0.359 e. The first kappa shape index (κ1) is 34.3. The highest BCUT2D eigenvalue weighted by atomic mass is 19.1. The molecule has 0 aliphatic rings. The van der Waals surface area contributed by atoms with Crippen LogP contribution in [0.15, 0.2) is 128 Å². The summed E-state index contributed by atoms with van der Waals surface area (Å²) in [6, 6.07) is 29.2. The molecule has 0 aliphatic heterocycles. The molecule has 0 aliphatic carbocycles. The van der Waals surface area contributed by atoms with Crippen molar-refractivity contribution in [3.05, 3.63) is 171 Å². The summed E-state index contributed by atoms with van der Waals surface area (Å²) < 4.78 is 30.7. The van der Waals surface area contributed by atoms with E-state index in [1.807, 2.05) is 17.0 Å². The summed E-state index contributed by atoms with van der Waals surface area (Å²) in [6.07, 6.45) is 3.32. The van der Waals surface area contributed by atoms with Crippen LogP contribution in [0, 0.1) is 31.9 Å². The Morgan fingerprint density at radius 2 is 1.05 bits per heavy atom. The Kier molecular flexibility index (Phi) is 8.91. The molecule has 5 aromatic carbocycles. The lowest BCUT2D eigenvalue weighted by molar-refractivity contribution is -0.385. The van der Waals surface area contributed by atoms with Crippen LogP contribution < -0.4 is 4.90 Å². The van der Waals surface area contributed by atoms with Crippen LogP contribution in [0.1, 0.15) is 11.4 Å². The van der Waals surface area contributed by atoms with Crippen LogP contribution in [-0.4, -0.2) is 49.8 Å². The zero-order chi connectivity index (χ0) is 38.1. The molecular formula is C38H25F2N11O4. The van der Waals surface area contributed by atoms with Crippen molar-refractivity contribution in [3.63, 3.8) is 0 Å². The van der Waals surface area contributed by atoms with Gasteiger partial charge in [-0.3, -0.25) is 20.2 Å². The summed E-state index contributed by atoms with van der Waals surface area (Å²) in [5.74, 6) is -0.815. The molecule has 15 nitrogen and oxygen atoms in total. The average Bonchev–Trinajstić information content (AvgIpc) is 3.88. The third-order valence-corrected chi connectivity index (χ3v) is 8.65. The van der Waals surface area contributed by atoms with E-state index in [9.17, 15) is 29.0 Å². The molecule has 3 aromatic heterocycles. The quantitative estimate of drug-likeness (QED) is 0.0953. The van der Waals surface area contributed by atoms with Gasteiger partial charge in [-0.05, 0) is 78.9 Å². The minimum Gasteiger partial charge on any atom is -0.359 e. The first-order valence-electron chi connectivity index (χ1n) is 16.6. The van der Waals surface area contributed by atoms with Gasteiger partial charge < -0.3 is 4.90 Å². The molecule has 0 amide bonds. The Balaban J connectivity index is 1.19. The Morgan fingerprint density at radius 3 is 1.53 bits per heavy atom. The molecule has 0 fully saturated rings. The van der Waals surface area contributed by atoms with E-state index >= 15 is 0 Å². The molecule has 0 atom stereocenters. The van der Waals surface area contributed by atoms with Crippen molar-refractivity contribution in [1.29, 1.82) is 0 Å². The van der Waals surface area contributed by atoms with E-state index in [0.717, 1.165) is 0 Å². The standard InChI is InChI=1S/C38H25F2N11O4/c39-26-11-7-24(8-12-26)37-38(25-9-13-27(40)14-10-25)42-36-19-30(15-16-35(36)41-37)47(20-28-22-48(45-43-28)31-3-1-5-33(17-31)50(52)53)21-29-23-49(46-44-29)32-4-2-6-34(18-32)51(54)55/h1-19,22-23H,20-21H2. The SMILES string of the molecule is O=[N+]([O-])c1cccc(-n2cc(CN(Cc3cn(-c4cccc([N+](=O)[O-])c4)nn3)c3ccc4nc(-c5ccc(F)cc5)c(-c5ccc(F)cc5)nc4c3)nn2)c1. The summed E-state index contributed by atoms with van der Waals surface area (Å²) in [5, 5.41) is 39.9. The van der Waals surface area contributed by atoms with Gasteiger partial charge in [0.1, 0.15) is 23.0 Å². The number of non-ortho nitro benzene ring substituents is 2. The first-order chi connectivity index (χ1) is 26.7. The highest BCUT2D eigenvalue weighted by Gasteiger charge is 2.19. The fourth-order valence-electron chi connectivity index (χ4n) is 5.98. The van der Waals surface area contributed by atoms with E-state index in [-0.39, 0.29) is 24.5 Å². The Hall–Kier alpha value is -7.82. The number of halogens is 2. The highest BCUT2D eigenvalue weighted by Crippen LogP contribution is 2.33. The van der Waals surface area contributed by atoms with E-state index in [1.165, 1.54) is 57.9 Å². The molecular weight excluding hydrogens is 712 g/mol. The molecule has 0 N–H and O–H groups in total. The normalized spacial score (nSPS) is 11.2. The van der Waals surface area contributed by atoms with Crippen LogP contribution in [0.4, 0.5) is 25.8 Å². The van der Waals surface area contributed by atoms with Gasteiger partial charge in [-0.1, -0.05) is 22.6 Å². The molecule has 0 saturated heterocycles. The lowest BCUT2D eigenvalue weighted by Gasteiger charge is -2.23. The molecule has 55 heavy (non-hydrogen) atoms. The van der Waals surface area contributed by atoms with Gasteiger partial charge >= 0.3 is 0 Å². The van der Waals surface area contributed by atoms with Crippen molar-refractivity contribution < 1.29 is 18.6 Å². The Labute approximate surface area is 309 Å². The van der Waals surface area contributed by atoms with E-state index < -0.39 is 21.5 Å². The minimum absolute atomic E-state index is 0.0946. The van der Waals surface area contributed by atoms with Crippen molar-refractivity contribution in [3.8, 4) is 33.9 Å². The molecule has 17 heteroatoms. The summed E-state index contributed by atoms with van der Waals surface area (Å²) in [7, 11) is 0. The number of nitrogens with zero attached hydrogens (tertiary/aromatic N) is 11. The van der Waals surface area contributed by atoms with Crippen molar-refractivity contribution >= 4 is 28.1 Å². The number of nitro groups is 2. The van der Waals surface area contributed by atoms with Gasteiger partial charge in [-0.25, -0.2) is 28.1 Å². The summed E-state index contributed by atoms with van der Waals surface area (Å²) in [5.41, 5.74) is 5.65. The molecule has 270 valence electrons. The van der Waals surface area contributed by atoms with Crippen molar-refractivity contribution in [2.24, 2.45) is 0 Å². The molecule has 0 spiro atoms. The number of hydrogen-bond donors (Lipinski definition) is 0.